The molecule has 0 spiro atoms. The SMILES string of the molecule is C[C@@H]1COCC[C@@H]1Nc1ncc2nc(Nc3c(Cl)cc(C#N)cc3Cl)n([C@H]3CC[C@@](C)(C(N)=O)CC3)c2n1. The van der Waals surface area contributed by atoms with Crippen LogP contribution >= 0.6 is 23.2 Å². The van der Waals surface area contributed by atoms with Gasteiger partial charge < -0.3 is 21.1 Å². The average Bonchev–Trinajstić information content (AvgIpc) is 3.25. The quantitative estimate of drug-likeness (QED) is 0.376. The van der Waals surface area contributed by atoms with Crippen LogP contribution in [-0.2, 0) is 9.53 Å². The van der Waals surface area contributed by atoms with Gasteiger partial charge in [-0.2, -0.15) is 10.2 Å². The lowest BCUT2D eigenvalue weighted by molar-refractivity contribution is -0.128. The first-order valence-electron chi connectivity index (χ1n) is 12.7. The first kappa shape index (κ1) is 26.5. The molecule has 5 rings (SSSR count). The number of halogens is 2. The van der Waals surface area contributed by atoms with Crippen LogP contribution in [0.1, 0.15) is 57.6 Å². The number of nitrogens with one attached hydrogen (secondary N) is 2. The Morgan fingerprint density at radius 2 is 1.95 bits per heavy atom. The number of nitrogens with zero attached hydrogens (tertiary/aromatic N) is 5. The highest BCUT2D eigenvalue weighted by Gasteiger charge is 2.38. The lowest BCUT2D eigenvalue weighted by Gasteiger charge is -2.35. The van der Waals surface area contributed by atoms with Crippen LogP contribution in [0, 0.1) is 22.7 Å². The standard InChI is InChI=1S/C26H30Cl2N8O2/c1-14-13-38-8-5-19(14)32-24-31-12-20-22(35-24)36(16-3-6-26(2,7-4-16)23(30)37)25(33-20)34-21-17(27)9-15(11-29)10-18(21)28/h9-10,12,14,16,19H,3-8,13H2,1-2H3,(H2,30,37)(H,33,34)(H,31,32,35)/t14-,16-,19+,26+/m1/s1. The topological polar surface area (TPSA) is 144 Å². The van der Waals surface area contributed by atoms with Gasteiger partial charge in [0.25, 0.3) is 0 Å². The summed E-state index contributed by atoms with van der Waals surface area (Å²) >= 11 is 13.0. The number of hydrogen-bond acceptors (Lipinski definition) is 8. The van der Waals surface area contributed by atoms with E-state index in [4.69, 9.17) is 43.6 Å². The van der Waals surface area contributed by atoms with Gasteiger partial charge in [0.05, 0.1) is 40.2 Å². The number of carbonyl (C=O) groups is 1. The maximum Gasteiger partial charge on any atom is 0.224 e. The van der Waals surface area contributed by atoms with E-state index in [1.165, 1.54) is 0 Å². The molecule has 0 unspecified atom stereocenters. The van der Waals surface area contributed by atoms with Gasteiger partial charge in [-0.15, -0.1) is 0 Å². The molecule has 0 radical (unpaired) electrons. The van der Waals surface area contributed by atoms with Crippen molar-refractivity contribution in [3.63, 3.8) is 0 Å². The van der Waals surface area contributed by atoms with Gasteiger partial charge >= 0.3 is 0 Å². The van der Waals surface area contributed by atoms with Crippen LogP contribution in [0.3, 0.4) is 0 Å². The largest absolute Gasteiger partial charge is 0.381 e. The number of nitriles is 1. The lowest BCUT2D eigenvalue weighted by Crippen LogP contribution is -2.38. The van der Waals surface area contributed by atoms with E-state index >= 15 is 0 Å². The zero-order chi connectivity index (χ0) is 27.0. The third kappa shape index (κ3) is 5.10. The predicted molar refractivity (Wildman–Crippen MR) is 147 cm³/mol. The van der Waals surface area contributed by atoms with Gasteiger partial charge in [-0.05, 0) is 50.2 Å². The van der Waals surface area contributed by atoms with Crippen molar-refractivity contribution < 1.29 is 9.53 Å². The number of anilines is 3. The van der Waals surface area contributed by atoms with Crippen LogP contribution < -0.4 is 16.4 Å². The molecule has 1 aliphatic carbocycles. The van der Waals surface area contributed by atoms with Gasteiger partial charge in [0, 0.05) is 24.1 Å². The van der Waals surface area contributed by atoms with Crippen molar-refractivity contribution in [3.8, 4) is 6.07 Å². The zero-order valence-electron chi connectivity index (χ0n) is 21.3. The van der Waals surface area contributed by atoms with Gasteiger partial charge in [0.1, 0.15) is 5.52 Å². The first-order chi connectivity index (χ1) is 18.2. The number of nitrogens with two attached hydrogens (primary N) is 1. The molecule has 1 saturated heterocycles. The molecular weight excluding hydrogens is 527 g/mol. The summed E-state index contributed by atoms with van der Waals surface area (Å²) < 4.78 is 7.61. The summed E-state index contributed by atoms with van der Waals surface area (Å²) in [5.41, 5.74) is 7.25. The molecule has 1 amide bonds. The Morgan fingerprint density at radius 3 is 2.58 bits per heavy atom. The highest BCUT2D eigenvalue weighted by molar-refractivity contribution is 6.39. The van der Waals surface area contributed by atoms with Crippen LogP contribution in [0.25, 0.3) is 11.2 Å². The third-order valence-electron chi connectivity index (χ3n) is 7.81. The maximum atomic E-state index is 12.1. The van der Waals surface area contributed by atoms with E-state index in [2.05, 4.69) is 28.6 Å². The fourth-order valence-electron chi connectivity index (χ4n) is 5.27. The van der Waals surface area contributed by atoms with E-state index in [1.807, 2.05) is 11.5 Å². The van der Waals surface area contributed by atoms with E-state index in [0.717, 1.165) is 19.3 Å². The molecule has 1 aliphatic heterocycles. The first-order valence-corrected chi connectivity index (χ1v) is 13.5. The molecule has 1 saturated carbocycles. The van der Waals surface area contributed by atoms with Crippen molar-refractivity contribution in [3.05, 3.63) is 33.9 Å². The number of aromatic nitrogens is 4. The van der Waals surface area contributed by atoms with Crippen molar-refractivity contribution in [2.75, 3.05) is 23.8 Å². The molecule has 2 aliphatic rings. The highest BCUT2D eigenvalue weighted by Crippen LogP contribution is 2.43. The van der Waals surface area contributed by atoms with Gasteiger partial charge in [-0.3, -0.25) is 9.36 Å². The Kier molecular flexibility index (Phi) is 7.36. The molecule has 1 aromatic carbocycles. The van der Waals surface area contributed by atoms with Gasteiger partial charge in [0.15, 0.2) is 5.65 Å². The normalized spacial score (nSPS) is 25.6. The number of hydrogen-bond donors (Lipinski definition) is 3. The predicted octanol–water partition coefficient (Wildman–Crippen LogP) is 5.19. The van der Waals surface area contributed by atoms with Crippen LogP contribution in [0.2, 0.25) is 10.0 Å². The maximum absolute atomic E-state index is 12.1. The number of primary amides is 1. The van der Waals surface area contributed by atoms with Crippen molar-refractivity contribution in [2.24, 2.45) is 17.1 Å². The Hall–Kier alpha value is -3.13. The number of benzene rings is 1. The number of amides is 1. The van der Waals surface area contributed by atoms with Crippen LogP contribution in [0.5, 0.6) is 0 Å². The minimum atomic E-state index is -0.541. The zero-order valence-corrected chi connectivity index (χ0v) is 22.8. The number of imidazole rings is 1. The molecule has 2 fully saturated rings. The van der Waals surface area contributed by atoms with Crippen molar-refractivity contribution >= 4 is 57.9 Å². The van der Waals surface area contributed by atoms with E-state index in [9.17, 15) is 10.1 Å². The van der Waals surface area contributed by atoms with Gasteiger partial charge in [-0.1, -0.05) is 37.0 Å². The second kappa shape index (κ2) is 10.6. The Balaban J connectivity index is 1.54. The summed E-state index contributed by atoms with van der Waals surface area (Å²) in [5, 5.41) is 16.6. The van der Waals surface area contributed by atoms with Crippen molar-refractivity contribution in [2.45, 2.75) is 58.0 Å². The summed E-state index contributed by atoms with van der Waals surface area (Å²) in [6.07, 6.45) is 5.32. The summed E-state index contributed by atoms with van der Waals surface area (Å²) in [5.74, 6) is 1.08. The summed E-state index contributed by atoms with van der Waals surface area (Å²) in [4.78, 5) is 26.3. The third-order valence-corrected chi connectivity index (χ3v) is 8.41. The number of rotatable bonds is 6. The fourth-order valence-corrected chi connectivity index (χ4v) is 5.85. The minimum Gasteiger partial charge on any atom is -0.381 e. The number of ether oxygens (including phenoxy) is 1. The minimum absolute atomic E-state index is 0.00983. The van der Waals surface area contributed by atoms with E-state index in [-0.39, 0.29) is 18.0 Å². The second-order valence-electron chi connectivity index (χ2n) is 10.5. The second-order valence-corrected chi connectivity index (χ2v) is 11.3. The lowest BCUT2D eigenvalue weighted by atomic mass is 9.73. The fraction of sp³-hybridized carbons (Fsp3) is 0.500. The van der Waals surface area contributed by atoms with Crippen LogP contribution in [0.15, 0.2) is 18.3 Å². The van der Waals surface area contributed by atoms with Gasteiger partial charge in [0.2, 0.25) is 17.8 Å². The Bertz CT molecular complexity index is 1390. The van der Waals surface area contributed by atoms with Crippen LogP contribution in [-0.4, -0.2) is 44.7 Å². The molecule has 3 aromatic rings. The molecule has 4 N–H and O–H groups in total. The van der Waals surface area contributed by atoms with Gasteiger partial charge in [-0.25, -0.2) is 9.97 Å². The van der Waals surface area contributed by atoms with E-state index < -0.39 is 5.41 Å². The average molecular weight is 557 g/mol. The Labute approximate surface area is 230 Å². The summed E-state index contributed by atoms with van der Waals surface area (Å²) in [6, 6.07) is 5.38. The summed E-state index contributed by atoms with van der Waals surface area (Å²) in [7, 11) is 0. The molecule has 200 valence electrons. The highest BCUT2D eigenvalue weighted by atomic mass is 35.5. The summed E-state index contributed by atoms with van der Waals surface area (Å²) in [6.45, 7) is 5.46. The number of fused-ring (bicyclic) bond motifs is 1. The molecule has 10 nitrogen and oxygen atoms in total. The van der Waals surface area contributed by atoms with E-state index in [1.54, 1.807) is 18.3 Å². The van der Waals surface area contributed by atoms with Crippen molar-refractivity contribution in [1.29, 1.82) is 5.26 Å². The molecule has 0 bridgehead atoms. The molecule has 3 heterocycles. The molecule has 12 heteroatoms. The number of carbonyl (C=O) groups excluding carboxylic acids is 1. The molecule has 2 aromatic heterocycles. The smallest absolute Gasteiger partial charge is 0.224 e. The molecule has 2 atom stereocenters. The monoisotopic (exact) mass is 556 g/mol. The van der Waals surface area contributed by atoms with Crippen LogP contribution in [0.4, 0.5) is 17.6 Å². The Morgan fingerprint density at radius 1 is 1.24 bits per heavy atom. The molecule has 38 heavy (non-hydrogen) atoms. The van der Waals surface area contributed by atoms with E-state index in [0.29, 0.717) is 76.3 Å². The van der Waals surface area contributed by atoms with Crippen molar-refractivity contribution in [1.82, 2.24) is 19.5 Å². The molecular formula is C26H30Cl2N8O2.